The molecule has 0 radical (unpaired) electrons. The van der Waals surface area contributed by atoms with Crippen molar-refractivity contribution in [2.45, 2.75) is 26.2 Å². The van der Waals surface area contributed by atoms with Crippen LogP contribution in [0.15, 0.2) is 134 Å². The van der Waals surface area contributed by atoms with Gasteiger partial charge in [-0.1, -0.05) is 105 Å². The lowest BCUT2D eigenvalue weighted by Gasteiger charge is -2.41. The monoisotopic (exact) mass is 626 g/mol. The van der Waals surface area contributed by atoms with Crippen LogP contribution in [0.5, 0.6) is 0 Å². The predicted octanol–water partition coefficient (Wildman–Crippen LogP) is 7.83. The van der Waals surface area contributed by atoms with Gasteiger partial charge in [-0.25, -0.2) is 4.98 Å². The fourth-order valence-electron chi connectivity index (χ4n) is 7.53. The van der Waals surface area contributed by atoms with Crippen molar-refractivity contribution in [2.24, 2.45) is 0 Å². The molecule has 0 fully saturated rings. The highest BCUT2D eigenvalue weighted by Crippen LogP contribution is 2.41. The molecule has 0 saturated carbocycles. The van der Waals surface area contributed by atoms with E-state index in [1.807, 2.05) is 12.3 Å². The zero-order valence-corrected chi connectivity index (χ0v) is 28.5. The predicted molar refractivity (Wildman–Crippen MR) is 197 cm³/mol. The normalized spacial score (nSPS) is 15.2. The lowest BCUT2D eigenvalue weighted by molar-refractivity contribution is 1.18. The summed E-state index contributed by atoms with van der Waals surface area (Å²) in [5.41, 5.74) is 8.24. The Kier molecular flexibility index (Phi) is 6.40. The Balaban J connectivity index is 1.20. The number of aromatic nitrogens is 1. The molecule has 0 unspecified atom stereocenters. The molecule has 2 aliphatic rings. The number of para-hydroxylation sites is 4. The molecule has 3 heterocycles. The Bertz CT molecular complexity index is 2100. The number of hydrogen-bond donors (Lipinski definition) is 0. The maximum absolute atomic E-state index is 10.5. The molecule has 0 saturated heterocycles. The Morgan fingerprint density at radius 3 is 1.37 bits per heavy atom. The summed E-state index contributed by atoms with van der Waals surface area (Å²) in [5.74, 6) is 0.888. The molecule has 46 heavy (non-hydrogen) atoms. The maximum Gasteiger partial charge on any atom is 0.137 e. The van der Waals surface area contributed by atoms with Crippen molar-refractivity contribution in [1.29, 1.82) is 5.26 Å². The topological polar surface area (TPSA) is 43.2 Å². The molecule has 0 bridgehead atoms. The van der Waals surface area contributed by atoms with E-state index in [2.05, 4.69) is 163 Å². The van der Waals surface area contributed by atoms with Crippen molar-refractivity contribution >= 4 is 71.1 Å². The summed E-state index contributed by atoms with van der Waals surface area (Å²) >= 11 is 0. The SMILES string of the molecule is C[Si]1(C)c2ccccc2N(c2ccc(-c3ccc(N4c5ccccc5[Si](C)(C)c5ccccc54)c(C#N)c3)cn2)c2ccccc21. The molecule has 1 aromatic heterocycles. The minimum absolute atomic E-state index is 0.638. The van der Waals surface area contributed by atoms with Crippen molar-refractivity contribution in [3.8, 4) is 17.2 Å². The first-order valence-corrected chi connectivity index (χ1v) is 21.8. The zero-order valence-electron chi connectivity index (χ0n) is 26.5. The second kappa shape index (κ2) is 10.4. The summed E-state index contributed by atoms with van der Waals surface area (Å²) in [5, 5.41) is 16.1. The van der Waals surface area contributed by atoms with Crippen LogP contribution in [0.25, 0.3) is 11.1 Å². The van der Waals surface area contributed by atoms with Crippen LogP contribution >= 0.6 is 0 Å². The van der Waals surface area contributed by atoms with Gasteiger partial charge in [-0.05, 0) is 74.8 Å². The first-order valence-electron chi connectivity index (χ1n) is 15.8. The third-order valence-electron chi connectivity index (χ3n) is 9.94. The largest absolute Gasteiger partial charge is 0.309 e. The van der Waals surface area contributed by atoms with Gasteiger partial charge in [0.05, 0.1) is 11.3 Å². The second-order valence-corrected chi connectivity index (χ2v) is 21.9. The first kappa shape index (κ1) is 28.3. The highest BCUT2D eigenvalue weighted by Gasteiger charge is 2.40. The zero-order chi connectivity index (χ0) is 31.6. The van der Waals surface area contributed by atoms with Crippen LogP contribution in [0.3, 0.4) is 0 Å². The molecule has 0 amide bonds. The molecule has 0 aliphatic carbocycles. The molecule has 0 atom stereocenters. The molecule has 2 aliphatic heterocycles. The second-order valence-electron chi connectivity index (χ2n) is 13.2. The highest BCUT2D eigenvalue weighted by molar-refractivity contribution is 7.03. The van der Waals surface area contributed by atoms with Crippen LogP contribution in [0.1, 0.15) is 5.56 Å². The number of benzene rings is 5. The van der Waals surface area contributed by atoms with Crippen LogP contribution in [0.4, 0.5) is 34.3 Å². The quantitative estimate of drug-likeness (QED) is 0.188. The maximum atomic E-state index is 10.5. The van der Waals surface area contributed by atoms with Gasteiger partial charge in [0.25, 0.3) is 0 Å². The summed E-state index contributed by atoms with van der Waals surface area (Å²) < 4.78 is 0. The van der Waals surface area contributed by atoms with Gasteiger partial charge in [-0.2, -0.15) is 5.26 Å². The van der Waals surface area contributed by atoms with E-state index < -0.39 is 16.1 Å². The van der Waals surface area contributed by atoms with E-state index in [4.69, 9.17) is 4.98 Å². The van der Waals surface area contributed by atoms with E-state index in [0.29, 0.717) is 5.56 Å². The molecule has 5 aromatic carbocycles. The first-order chi connectivity index (χ1) is 22.3. The van der Waals surface area contributed by atoms with Crippen LogP contribution in [0.2, 0.25) is 26.2 Å². The lowest BCUT2D eigenvalue weighted by atomic mass is 10.0. The standard InChI is InChI=1S/C40H34N4Si2/c1-45(2)36-17-9-5-13-32(36)43(33-14-6-10-18-37(33)45)31-23-21-28(25-30(31)26-41)29-22-24-40(42-27-29)44-34-15-7-11-19-38(34)46(3,4)39-20-12-8-16-35(39)44/h5-25,27H,1-4H3. The molecular weight excluding hydrogens is 593 g/mol. The van der Waals surface area contributed by atoms with Crippen LogP contribution in [-0.4, -0.2) is 21.1 Å². The molecule has 6 aromatic rings. The summed E-state index contributed by atoms with van der Waals surface area (Å²) in [6.45, 7) is 9.69. The number of fused-ring (bicyclic) bond motifs is 4. The fourth-order valence-corrected chi connectivity index (χ4v) is 13.5. The van der Waals surface area contributed by atoms with Crippen LogP contribution in [0, 0.1) is 11.3 Å². The van der Waals surface area contributed by atoms with E-state index >= 15 is 0 Å². The van der Waals surface area contributed by atoms with Crippen LogP contribution in [-0.2, 0) is 0 Å². The van der Waals surface area contributed by atoms with Crippen molar-refractivity contribution in [3.63, 3.8) is 0 Å². The van der Waals surface area contributed by atoms with E-state index in [9.17, 15) is 5.26 Å². The minimum Gasteiger partial charge on any atom is -0.309 e. The summed E-state index contributed by atoms with van der Waals surface area (Å²) in [6.07, 6.45) is 1.94. The smallest absolute Gasteiger partial charge is 0.137 e. The number of nitriles is 1. The van der Waals surface area contributed by atoms with Gasteiger partial charge in [-0.15, -0.1) is 0 Å². The third-order valence-corrected chi connectivity index (χ3v) is 17.0. The van der Waals surface area contributed by atoms with E-state index in [-0.39, 0.29) is 0 Å². The molecule has 222 valence electrons. The van der Waals surface area contributed by atoms with E-state index in [1.54, 1.807) is 0 Å². The third kappa shape index (κ3) is 4.13. The fraction of sp³-hybridized carbons (Fsp3) is 0.100. The van der Waals surface area contributed by atoms with Crippen molar-refractivity contribution in [3.05, 3.63) is 139 Å². The van der Waals surface area contributed by atoms with Gasteiger partial charge in [0.1, 0.15) is 28.0 Å². The Labute approximate surface area is 272 Å². The van der Waals surface area contributed by atoms with Gasteiger partial charge in [0, 0.05) is 34.5 Å². The number of nitrogens with zero attached hydrogens (tertiary/aromatic N) is 4. The summed E-state index contributed by atoms with van der Waals surface area (Å²) in [6, 6.07) is 47.9. The molecule has 0 spiro atoms. The number of rotatable bonds is 3. The number of anilines is 6. The van der Waals surface area contributed by atoms with Gasteiger partial charge in [0.15, 0.2) is 0 Å². The summed E-state index contributed by atoms with van der Waals surface area (Å²) in [4.78, 5) is 9.60. The molecular formula is C40H34N4Si2. The van der Waals surface area contributed by atoms with E-state index in [0.717, 1.165) is 22.6 Å². The summed E-state index contributed by atoms with van der Waals surface area (Å²) in [7, 11) is -3.76. The molecule has 8 rings (SSSR count). The molecule has 6 heteroatoms. The van der Waals surface area contributed by atoms with Crippen molar-refractivity contribution in [1.82, 2.24) is 4.98 Å². The Morgan fingerprint density at radius 1 is 0.500 bits per heavy atom. The average Bonchev–Trinajstić information content (AvgIpc) is 3.09. The van der Waals surface area contributed by atoms with Crippen LogP contribution < -0.4 is 30.5 Å². The number of hydrogen-bond acceptors (Lipinski definition) is 4. The van der Waals surface area contributed by atoms with Gasteiger partial charge in [0.2, 0.25) is 0 Å². The van der Waals surface area contributed by atoms with Gasteiger partial charge >= 0.3 is 0 Å². The van der Waals surface area contributed by atoms with Gasteiger partial charge < -0.3 is 4.90 Å². The van der Waals surface area contributed by atoms with Crippen molar-refractivity contribution in [2.75, 3.05) is 9.80 Å². The molecule has 4 nitrogen and oxygen atoms in total. The average molecular weight is 627 g/mol. The van der Waals surface area contributed by atoms with Gasteiger partial charge in [-0.3, -0.25) is 4.90 Å². The Morgan fingerprint density at radius 2 is 0.935 bits per heavy atom. The van der Waals surface area contributed by atoms with E-state index in [1.165, 1.54) is 43.5 Å². The molecule has 0 N–H and O–H groups in total. The van der Waals surface area contributed by atoms with Crippen molar-refractivity contribution < 1.29 is 0 Å². The highest BCUT2D eigenvalue weighted by atomic mass is 28.3. The lowest BCUT2D eigenvalue weighted by Crippen LogP contribution is -2.58. The number of pyridine rings is 1. The Hall–Kier alpha value is -5.23. The minimum atomic E-state index is -1.90.